The van der Waals surface area contributed by atoms with Crippen LogP contribution in [0, 0.1) is 0 Å². The van der Waals surface area contributed by atoms with Crippen molar-refractivity contribution >= 4 is 27.6 Å². The van der Waals surface area contributed by atoms with Crippen molar-refractivity contribution in [2.45, 2.75) is 20.0 Å². The van der Waals surface area contributed by atoms with Crippen molar-refractivity contribution in [3.8, 4) is 5.75 Å². The zero-order valence-electron chi connectivity index (χ0n) is 14.2. The molecule has 0 radical (unpaired) electrons. The summed E-state index contributed by atoms with van der Waals surface area (Å²) in [7, 11) is -2.32. The van der Waals surface area contributed by atoms with Crippen molar-refractivity contribution in [2.75, 3.05) is 31.3 Å². The number of carboxylic acid groups (broad SMARTS) is 1. The van der Waals surface area contributed by atoms with E-state index in [1.165, 1.54) is 25.3 Å². The van der Waals surface area contributed by atoms with Crippen LogP contribution in [0.5, 0.6) is 5.75 Å². The Morgan fingerprint density at radius 1 is 1.28 bits per heavy atom. The van der Waals surface area contributed by atoms with Crippen LogP contribution in [0.15, 0.2) is 18.2 Å². The molecular weight excluding hydrogens is 352 g/mol. The maximum Gasteiger partial charge on any atom is 0.335 e. The molecule has 1 aromatic carbocycles. The molecule has 0 unspecified atom stereocenters. The van der Waals surface area contributed by atoms with Crippen molar-refractivity contribution in [2.24, 2.45) is 0 Å². The molecule has 0 bridgehead atoms. The highest BCUT2D eigenvalue weighted by Gasteiger charge is 2.15. The van der Waals surface area contributed by atoms with E-state index in [-0.39, 0.29) is 35.5 Å². The molecule has 140 valence electrons. The summed E-state index contributed by atoms with van der Waals surface area (Å²) in [5, 5.41) is 11.4. The Balaban J connectivity index is 2.61. The number of hydrogen-bond acceptors (Lipinski definition) is 6. The van der Waals surface area contributed by atoms with E-state index in [9.17, 15) is 18.0 Å². The van der Waals surface area contributed by atoms with Gasteiger partial charge in [0.15, 0.2) is 0 Å². The molecule has 0 spiro atoms. The van der Waals surface area contributed by atoms with Gasteiger partial charge in [-0.1, -0.05) is 0 Å². The number of benzene rings is 1. The Labute approximate surface area is 146 Å². The van der Waals surface area contributed by atoms with Crippen LogP contribution in [0.25, 0.3) is 0 Å². The molecule has 1 amide bonds. The maximum atomic E-state index is 11.9. The third-order valence-electron chi connectivity index (χ3n) is 2.98. The average molecular weight is 374 g/mol. The summed E-state index contributed by atoms with van der Waals surface area (Å²) in [5.41, 5.74) is 0.237. The van der Waals surface area contributed by atoms with Crippen molar-refractivity contribution in [3.63, 3.8) is 0 Å². The quantitative estimate of drug-likeness (QED) is 0.549. The molecule has 0 saturated heterocycles. The zero-order chi connectivity index (χ0) is 19.0. The molecule has 0 aliphatic rings. The molecule has 0 saturated carbocycles. The fraction of sp³-hybridized carbons (Fsp3) is 0.467. The van der Waals surface area contributed by atoms with Crippen LogP contribution in [0.2, 0.25) is 0 Å². The molecule has 0 aromatic heterocycles. The van der Waals surface area contributed by atoms with Crippen LogP contribution in [0.3, 0.4) is 0 Å². The Hall–Kier alpha value is -2.17. The summed E-state index contributed by atoms with van der Waals surface area (Å²) in [6.45, 7) is 3.14. The molecule has 0 aliphatic carbocycles. The first-order chi connectivity index (χ1) is 11.6. The predicted octanol–water partition coefficient (Wildman–Crippen LogP) is 0.676. The second-order valence-corrected chi connectivity index (χ2v) is 7.25. The number of methoxy groups -OCH3 is 1. The number of nitrogens with one attached hydrogen (secondary N) is 2. The van der Waals surface area contributed by atoms with Crippen molar-refractivity contribution in [1.82, 2.24) is 4.72 Å². The van der Waals surface area contributed by atoms with Crippen molar-refractivity contribution in [1.29, 1.82) is 0 Å². The number of rotatable bonds is 10. The van der Waals surface area contributed by atoms with Crippen LogP contribution >= 0.6 is 0 Å². The highest BCUT2D eigenvalue weighted by Crippen LogP contribution is 2.25. The minimum atomic E-state index is -3.64. The Morgan fingerprint density at radius 3 is 2.52 bits per heavy atom. The smallest absolute Gasteiger partial charge is 0.335 e. The molecule has 3 N–H and O–H groups in total. The van der Waals surface area contributed by atoms with Crippen LogP contribution in [0.4, 0.5) is 5.69 Å². The van der Waals surface area contributed by atoms with Gasteiger partial charge in [0.05, 0.1) is 43.4 Å². The van der Waals surface area contributed by atoms with Gasteiger partial charge in [0.1, 0.15) is 5.75 Å². The topological polar surface area (TPSA) is 131 Å². The molecule has 1 aromatic rings. The van der Waals surface area contributed by atoms with Crippen molar-refractivity contribution in [3.05, 3.63) is 23.8 Å². The molecule has 0 fully saturated rings. The van der Waals surface area contributed by atoms with Gasteiger partial charge in [-0.3, -0.25) is 4.79 Å². The van der Waals surface area contributed by atoms with E-state index in [0.717, 1.165) is 0 Å². The lowest BCUT2D eigenvalue weighted by molar-refractivity contribution is -0.115. The third-order valence-corrected chi connectivity index (χ3v) is 4.27. The number of amides is 1. The Kier molecular flexibility index (Phi) is 7.81. The summed E-state index contributed by atoms with van der Waals surface area (Å²) in [6, 6.07) is 3.92. The van der Waals surface area contributed by atoms with E-state index in [4.69, 9.17) is 14.6 Å². The zero-order valence-corrected chi connectivity index (χ0v) is 15.1. The number of ether oxygens (including phenoxy) is 2. The molecule has 0 heterocycles. The van der Waals surface area contributed by atoms with E-state index < -0.39 is 28.4 Å². The lowest BCUT2D eigenvalue weighted by atomic mass is 10.2. The van der Waals surface area contributed by atoms with Gasteiger partial charge >= 0.3 is 5.97 Å². The van der Waals surface area contributed by atoms with E-state index in [2.05, 4.69) is 10.0 Å². The minimum absolute atomic E-state index is 0.000652. The number of anilines is 1. The molecule has 25 heavy (non-hydrogen) atoms. The van der Waals surface area contributed by atoms with Gasteiger partial charge in [-0.2, -0.15) is 0 Å². The molecule has 9 nitrogen and oxygen atoms in total. The van der Waals surface area contributed by atoms with Gasteiger partial charge < -0.3 is 19.9 Å². The van der Waals surface area contributed by atoms with E-state index in [0.29, 0.717) is 0 Å². The second kappa shape index (κ2) is 9.35. The summed E-state index contributed by atoms with van der Waals surface area (Å²) >= 11 is 0. The number of sulfonamides is 1. The monoisotopic (exact) mass is 374 g/mol. The Bertz CT molecular complexity index is 717. The second-order valence-electron chi connectivity index (χ2n) is 5.33. The molecule has 0 aliphatic heterocycles. The first-order valence-corrected chi connectivity index (χ1v) is 9.10. The number of carboxylic acids is 1. The normalized spacial score (nSPS) is 11.4. The highest BCUT2D eigenvalue weighted by molar-refractivity contribution is 7.89. The standard InChI is InChI=1S/C15H22N2O7S/c1-10(2)24-6-7-25(21,22)16-9-14(18)17-12-5-4-11(15(19)20)8-13(12)23-3/h4-5,8,10,16H,6-7,9H2,1-3H3,(H,17,18)(H,19,20). The summed E-state index contributed by atoms with van der Waals surface area (Å²) in [5.74, 6) is -1.85. The lowest BCUT2D eigenvalue weighted by Crippen LogP contribution is -2.35. The summed E-state index contributed by atoms with van der Waals surface area (Å²) < 4.78 is 35.8. The van der Waals surface area contributed by atoms with Gasteiger partial charge in [0.25, 0.3) is 0 Å². The average Bonchev–Trinajstić information content (AvgIpc) is 2.52. The van der Waals surface area contributed by atoms with Crippen LogP contribution in [-0.4, -0.2) is 57.5 Å². The SMILES string of the molecule is COc1cc(C(=O)O)ccc1NC(=O)CNS(=O)(=O)CCOC(C)C. The van der Waals surface area contributed by atoms with Gasteiger partial charge in [-0.25, -0.2) is 17.9 Å². The lowest BCUT2D eigenvalue weighted by Gasteiger charge is -2.12. The largest absolute Gasteiger partial charge is 0.495 e. The van der Waals surface area contributed by atoms with Crippen LogP contribution in [-0.2, 0) is 19.6 Å². The number of hydrogen-bond donors (Lipinski definition) is 3. The number of carbonyl (C=O) groups is 2. The fourth-order valence-electron chi connectivity index (χ4n) is 1.76. The fourth-order valence-corrected chi connectivity index (χ4v) is 2.57. The number of carbonyl (C=O) groups excluding carboxylic acids is 1. The van der Waals surface area contributed by atoms with Gasteiger partial charge in [-0.15, -0.1) is 0 Å². The Morgan fingerprint density at radius 2 is 1.96 bits per heavy atom. The van der Waals surface area contributed by atoms with E-state index in [1.807, 2.05) is 0 Å². The van der Waals surface area contributed by atoms with Gasteiger partial charge in [0.2, 0.25) is 15.9 Å². The molecule has 1 rings (SSSR count). The highest BCUT2D eigenvalue weighted by atomic mass is 32.2. The first-order valence-electron chi connectivity index (χ1n) is 7.44. The van der Waals surface area contributed by atoms with Crippen molar-refractivity contribution < 1.29 is 32.6 Å². The van der Waals surface area contributed by atoms with Gasteiger partial charge in [0, 0.05) is 0 Å². The minimum Gasteiger partial charge on any atom is -0.495 e. The van der Waals surface area contributed by atoms with Crippen LogP contribution in [0.1, 0.15) is 24.2 Å². The van der Waals surface area contributed by atoms with Gasteiger partial charge in [-0.05, 0) is 32.0 Å². The first kappa shape index (κ1) is 20.9. The summed E-state index contributed by atoms with van der Waals surface area (Å²) in [4.78, 5) is 22.8. The van der Waals surface area contributed by atoms with E-state index >= 15 is 0 Å². The summed E-state index contributed by atoms with van der Waals surface area (Å²) in [6.07, 6.45) is -0.0836. The molecule has 10 heteroatoms. The van der Waals surface area contributed by atoms with Crippen LogP contribution < -0.4 is 14.8 Å². The number of aromatic carboxylic acids is 1. The third kappa shape index (κ3) is 7.50. The van der Waals surface area contributed by atoms with E-state index in [1.54, 1.807) is 13.8 Å². The maximum absolute atomic E-state index is 11.9. The predicted molar refractivity (Wildman–Crippen MR) is 91.5 cm³/mol. The molecular formula is C15H22N2O7S. The molecule has 0 atom stereocenters.